The highest BCUT2D eigenvalue weighted by molar-refractivity contribution is 5.95. The molecule has 3 rings (SSSR count). The number of nitrogens with zero attached hydrogens (tertiary/aromatic N) is 3. The summed E-state index contributed by atoms with van der Waals surface area (Å²) < 4.78 is 11.5. The normalized spacial score (nSPS) is 11.3. The smallest absolute Gasteiger partial charge is 0.189 e. The van der Waals surface area contributed by atoms with Gasteiger partial charge in [0, 0.05) is 11.6 Å². The molecule has 0 radical (unpaired) electrons. The summed E-state index contributed by atoms with van der Waals surface area (Å²) in [5.74, 6) is 1.22. The van der Waals surface area contributed by atoms with Crippen LogP contribution in [0.1, 0.15) is 45.4 Å². The van der Waals surface area contributed by atoms with Crippen molar-refractivity contribution >= 4 is 22.3 Å². The second kappa shape index (κ2) is 11.9. The van der Waals surface area contributed by atoms with Crippen LogP contribution in [0, 0.1) is 0 Å². The molecule has 3 aromatic rings. The first kappa shape index (κ1) is 20.9. The van der Waals surface area contributed by atoms with Crippen LogP contribution in [0.15, 0.2) is 71.0 Å². The largest absolute Gasteiger partial charge is 0.465 e. The van der Waals surface area contributed by atoms with E-state index in [-0.39, 0.29) is 6.79 Å². The summed E-state index contributed by atoms with van der Waals surface area (Å²) in [6, 6.07) is 17.6. The SMILES string of the molecule is CCCCCCCCOCOc1ccc2ccccc2c1N=Nc1ccccn1. The highest BCUT2D eigenvalue weighted by atomic mass is 16.7. The zero-order valence-electron chi connectivity index (χ0n) is 17.1. The highest BCUT2D eigenvalue weighted by Crippen LogP contribution is 2.36. The number of fused-ring (bicyclic) bond motifs is 1. The second-order valence-corrected chi connectivity index (χ2v) is 6.96. The maximum Gasteiger partial charge on any atom is 0.189 e. The molecule has 0 saturated heterocycles. The molecule has 1 aromatic heterocycles. The van der Waals surface area contributed by atoms with Gasteiger partial charge in [-0.1, -0.05) is 75.4 Å². The van der Waals surface area contributed by atoms with Crippen LogP contribution < -0.4 is 4.74 Å². The van der Waals surface area contributed by atoms with Crippen molar-refractivity contribution in [2.45, 2.75) is 45.4 Å². The fraction of sp³-hybridized carbons (Fsp3) is 0.375. The molecule has 2 aromatic carbocycles. The van der Waals surface area contributed by atoms with E-state index in [1.807, 2.05) is 54.6 Å². The van der Waals surface area contributed by atoms with E-state index in [0.717, 1.165) is 17.2 Å². The number of azo groups is 1. The number of aromatic nitrogens is 1. The Kier molecular flexibility index (Phi) is 8.60. The summed E-state index contributed by atoms with van der Waals surface area (Å²) in [6.07, 6.45) is 9.16. The molecule has 0 N–H and O–H groups in total. The number of pyridine rings is 1. The van der Waals surface area contributed by atoms with Crippen molar-refractivity contribution < 1.29 is 9.47 Å². The van der Waals surface area contributed by atoms with Crippen molar-refractivity contribution in [3.05, 3.63) is 60.8 Å². The summed E-state index contributed by atoms with van der Waals surface area (Å²) in [4.78, 5) is 4.20. The molecule has 5 nitrogen and oxygen atoms in total. The number of hydrogen-bond donors (Lipinski definition) is 0. The average Bonchev–Trinajstić information content (AvgIpc) is 2.77. The Bertz CT molecular complexity index is 897. The predicted molar refractivity (Wildman–Crippen MR) is 117 cm³/mol. The lowest BCUT2D eigenvalue weighted by Gasteiger charge is -2.11. The Balaban J connectivity index is 1.61. The standard InChI is InChI=1S/C24H29N3O2/c1-2-3-4-5-6-11-18-28-19-29-22-16-15-20-12-7-8-13-21(20)24(22)27-26-23-14-9-10-17-25-23/h7-10,12-17H,2-6,11,18-19H2,1H3. The van der Waals surface area contributed by atoms with E-state index >= 15 is 0 Å². The Morgan fingerprint density at radius 2 is 1.66 bits per heavy atom. The minimum Gasteiger partial charge on any atom is -0.465 e. The van der Waals surface area contributed by atoms with Crippen LogP contribution in [0.5, 0.6) is 5.75 Å². The van der Waals surface area contributed by atoms with Gasteiger partial charge in [0.2, 0.25) is 0 Å². The number of ether oxygens (including phenoxy) is 2. The van der Waals surface area contributed by atoms with Gasteiger partial charge in [0.15, 0.2) is 18.4 Å². The maximum atomic E-state index is 5.88. The van der Waals surface area contributed by atoms with E-state index in [0.29, 0.717) is 23.9 Å². The molecule has 0 atom stereocenters. The van der Waals surface area contributed by atoms with Gasteiger partial charge in [0.05, 0.1) is 6.61 Å². The van der Waals surface area contributed by atoms with Gasteiger partial charge >= 0.3 is 0 Å². The molecule has 29 heavy (non-hydrogen) atoms. The topological polar surface area (TPSA) is 56.1 Å². The van der Waals surface area contributed by atoms with Crippen LogP contribution in [0.2, 0.25) is 0 Å². The molecule has 152 valence electrons. The van der Waals surface area contributed by atoms with Gasteiger partial charge in [0.25, 0.3) is 0 Å². The summed E-state index contributed by atoms with van der Waals surface area (Å²) in [7, 11) is 0. The molecule has 0 unspecified atom stereocenters. The minimum atomic E-state index is 0.208. The van der Waals surface area contributed by atoms with Crippen LogP contribution in [-0.4, -0.2) is 18.4 Å². The van der Waals surface area contributed by atoms with Crippen molar-refractivity contribution in [1.29, 1.82) is 0 Å². The maximum absolute atomic E-state index is 5.88. The number of unbranched alkanes of at least 4 members (excludes halogenated alkanes) is 5. The zero-order chi connectivity index (χ0) is 20.2. The highest BCUT2D eigenvalue weighted by Gasteiger charge is 2.09. The van der Waals surface area contributed by atoms with Gasteiger partial charge in [-0.3, -0.25) is 0 Å². The Morgan fingerprint density at radius 1 is 0.828 bits per heavy atom. The molecule has 1 heterocycles. The van der Waals surface area contributed by atoms with Crippen molar-refractivity contribution in [1.82, 2.24) is 4.98 Å². The van der Waals surface area contributed by atoms with Gasteiger partial charge in [-0.25, -0.2) is 4.98 Å². The van der Waals surface area contributed by atoms with Gasteiger partial charge in [-0.05, 0) is 30.0 Å². The van der Waals surface area contributed by atoms with Crippen LogP contribution in [0.25, 0.3) is 10.8 Å². The quantitative estimate of drug-likeness (QED) is 0.184. The number of benzene rings is 2. The Morgan fingerprint density at radius 3 is 2.52 bits per heavy atom. The van der Waals surface area contributed by atoms with Crippen LogP contribution in [-0.2, 0) is 4.74 Å². The Labute approximate surface area is 172 Å². The summed E-state index contributed by atoms with van der Waals surface area (Å²) >= 11 is 0. The fourth-order valence-electron chi connectivity index (χ4n) is 3.12. The van der Waals surface area contributed by atoms with E-state index in [1.54, 1.807) is 6.20 Å². The lowest BCUT2D eigenvalue weighted by molar-refractivity contribution is 0.0139. The van der Waals surface area contributed by atoms with Gasteiger partial charge in [0.1, 0.15) is 5.69 Å². The van der Waals surface area contributed by atoms with Gasteiger partial charge in [-0.2, -0.15) is 0 Å². The van der Waals surface area contributed by atoms with E-state index in [9.17, 15) is 0 Å². The average molecular weight is 392 g/mol. The van der Waals surface area contributed by atoms with E-state index in [1.165, 1.54) is 32.1 Å². The third-order valence-electron chi connectivity index (χ3n) is 4.71. The van der Waals surface area contributed by atoms with E-state index in [4.69, 9.17) is 9.47 Å². The summed E-state index contributed by atoms with van der Waals surface area (Å²) in [5.41, 5.74) is 0.692. The lowest BCUT2D eigenvalue weighted by atomic mass is 10.1. The number of rotatable bonds is 12. The second-order valence-electron chi connectivity index (χ2n) is 6.96. The molecule has 0 saturated carbocycles. The molecule has 0 fully saturated rings. The van der Waals surface area contributed by atoms with Crippen LogP contribution in [0.4, 0.5) is 11.5 Å². The summed E-state index contributed by atoms with van der Waals surface area (Å²) in [5, 5.41) is 10.8. The summed E-state index contributed by atoms with van der Waals surface area (Å²) in [6.45, 7) is 3.15. The first-order valence-corrected chi connectivity index (χ1v) is 10.4. The van der Waals surface area contributed by atoms with Crippen molar-refractivity contribution in [3.8, 4) is 5.75 Å². The first-order chi connectivity index (χ1) is 14.4. The van der Waals surface area contributed by atoms with Crippen LogP contribution in [0.3, 0.4) is 0 Å². The molecule has 0 aliphatic carbocycles. The lowest BCUT2D eigenvalue weighted by Crippen LogP contribution is -2.04. The first-order valence-electron chi connectivity index (χ1n) is 10.4. The van der Waals surface area contributed by atoms with E-state index < -0.39 is 0 Å². The van der Waals surface area contributed by atoms with Crippen molar-refractivity contribution in [2.24, 2.45) is 10.2 Å². The molecule has 0 amide bonds. The predicted octanol–water partition coefficient (Wildman–Crippen LogP) is 7.36. The van der Waals surface area contributed by atoms with E-state index in [2.05, 4.69) is 22.1 Å². The van der Waals surface area contributed by atoms with Gasteiger partial charge < -0.3 is 9.47 Å². The number of hydrogen-bond acceptors (Lipinski definition) is 5. The van der Waals surface area contributed by atoms with Crippen molar-refractivity contribution in [3.63, 3.8) is 0 Å². The minimum absolute atomic E-state index is 0.208. The molecular weight excluding hydrogens is 362 g/mol. The molecular formula is C24H29N3O2. The van der Waals surface area contributed by atoms with Crippen molar-refractivity contribution in [2.75, 3.05) is 13.4 Å². The van der Waals surface area contributed by atoms with Crippen LogP contribution >= 0.6 is 0 Å². The van der Waals surface area contributed by atoms with Gasteiger partial charge in [-0.15, -0.1) is 10.2 Å². The molecule has 0 aliphatic heterocycles. The molecule has 0 bridgehead atoms. The fourth-order valence-corrected chi connectivity index (χ4v) is 3.12. The third-order valence-corrected chi connectivity index (χ3v) is 4.71. The molecule has 5 heteroatoms. The Hall–Kier alpha value is -2.79. The third kappa shape index (κ3) is 6.64. The zero-order valence-corrected chi connectivity index (χ0v) is 17.1. The molecule has 0 aliphatic rings. The monoisotopic (exact) mass is 391 g/mol. The molecule has 0 spiro atoms.